The van der Waals surface area contributed by atoms with Crippen LogP contribution in [-0.4, -0.2) is 48.3 Å². The van der Waals surface area contributed by atoms with Crippen LogP contribution in [0.3, 0.4) is 0 Å². The minimum Gasteiger partial charge on any atom is -0.497 e. The van der Waals surface area contributed by atoms with Crippen LogP contribution in [0.15, 0.2) is 42.6 Å². The summed E-state index contributed by atoms with van der Waals surface area (Å²) in [6.07, 6.45) is 2.33. The molecule has 2 heterocycles. The summed E-state index contributed by atoms with van der Waals surface area (Å²) in [7, 11) is 1.55. The number of fused-ring (bicyclic) bond motifs is 1. The second kappa shape index (κ2) is 11.5. The van der Waals surface area contributed by atoms with Crippen LogP contribution in [0.5, 0.6) is 5.75 Å². The molecule has 0 amide bonds. The summed E-state index contributed by atoms with van der Waals surface area (Å²) >= 11 is 6.36. The highest BCUT2D eigenvalue weighted by Gasteiger charge is 2.35. The van der Waals surface area contributed by atoms with Crippen molar-refractivity contribution in [2.75, 3.05) is 33.4 Å². The molecule has 4 rings (SSSR count). The van der Waals surface area contributed by atoms with Crippen molar-refractivity contribution in [3.8, 4) is 17.6 Å². The number of hydrogen-bond donors (Lipinski definition) is 1. The summed E-state index contributed by atoms with van der Waals surface area (Å²) in [6, 6.07) is 8.89. The molecule has 1 N–H and O–H groups in total. The summed E-state index contributed by atoms with van der Waals surface area (Å²) in [6.45, 7) is 1.87. The Balaban J connectivity index is 1.37. The van der Waals surface area contributed by atoms with E-state index in [0.717, 1.165) is 12.1 Å². The van der Waals surface area contributed by atoms with E-state index in [9.17, 15) is 13.9 Å². The molecule has 0 bridgehead atoms. The van der Waals surface area contributed by atoms with Crippen molar-refractivity contribution in [2.45, 2.75) is 31.9 Å². The number of methoxy groups -OCH3 is 1. The molecule has 0 radical (unpaired) electrons. The summed E-state index contributed by atoms with van der Waals surface area (Å²) in [5, 5.41) is 11.1. The molecule has 190 valence electrons. The lowest BCUT2D eigenvalue weighted by atomic mass is 9.74. The number of ether oxygens (including phenoxy) is 1. The van der Waals surface area contributed by atoms with Gasteiger partial charge >= 0.3 is 0 Å². The van der Waals surface area contributed by atoms with Crippen molar-refractivity contribution in [3.63, 3.8) is 0 Å². The molecule has 4 nitrogen and oxygen atoms in total. The third-order valence-electron chi connectivity index (χ3n) is 7.02. The van der Waals surface area contributed by atoms with Gasteiger partial charge in [-0.15, -0.1) is 0 Å². The Labute approximate surface area is 214 Å². The molecule has 2 aromatic carbocycles. The molecule has 1 saturated heterocycles. The highest BCUT2D eigenvalue weighted by atomic mass is 35.5. The first-order valence-electron chi connectivity index (χ1n) is 11.9. The predicted molar refractivity (Wildman–Crippen MR) is 135 cm³/mol. The zero-order valence-corrected chi connectivity index (χ0v) is 20.8. The van der Waals surface area contributed by atoms with Crippen molar-refractivity contribution in [1.29, 1.82) is 0 Å². The van der Waals surface area contributed by atoms with Crippen molar-refractivity contribution in [2.24, 2.45) is 5.41 Å². The van der Waals surface area contributed by atoms with Gasteiger partial charge in [-0.2, -0.15) is 0 Å². The quantitative estimate of drug-likeness (QED) is 0.386. The Morgan fingerprint density at radius 2 is 1.94 bits per heavy atom. The number of aliphatic hydroxyl groups is 1. The number of aliphatic hydroxyl groups excluding tert-OH is 1. The highest BCUT2D eigenvalue weighted by molar-refractivity contribution is 6.32. The zero-order valence-electron chi connectivity index (χ0n) is 20.0. The van der Waals surface area contributed by atoms with E-state index in [1.165, 1.54) is 12.3 Å². The van der Waals surface area contributed by atoms with E-state index >= 15 is 4.39 Å². The van der Waals surface area contributed by atoms with Gasteiger partial charge in [-0.3, -0.25) is 9.88 Å². The number of nitrogens with zero attached hydrogens (tertiary/aromatic N) is 2. The Kier molecular flexibility index (Phi) is 8.40. The SMILES string of the molecule is COc1ccc2ncc(Cl)c([C@@H](F)CCC3(CO)CCN(CC#Cc4ccc(F)c(F)c4)CC3)c2c1. The molecule has 0 unspecified atom stereocenters. The summed E-state index contributed by atoms with van der Waals surface area (Å²) < 4.78 is 47.2. The van der Waals surface area contributed by atoms with Crippen LogP contribution in [0.2, 0.25) is 5.02 Å². The maximum absolute atomic E-state index is 15.6. The summed E-state index contributed by atoms with van der Waals surface area (Å²) in [5.74, 6) is 4.65. The van der Waals surface area contributed by atoms with Gasteiger partial charge in [0.15, 0.2) is 11.6 Å². The molecule has 8 heteroatoms. The third-order valence-corrected chi connectivity index (χ3v) is 7.32. The average molecular weight is 517 g/mol. The number of halogens is 4. The van der Waals surface area contributed by atoms with Crippen LogP contribution in [0, 0.1) is 28.9 Å². The predicted octanol–water partition coefficient (Wildman–Crippen LogP) is 6.09. The fraction of sp³-hybridized carbons (Fsp3) is 0.393. The molecule has 1 atom stereocenters. The van der Waals surface area contributed by atoms with Gasteiger partial charge in [0, 0.05) is 29.3 Å². The van der Waals surface area contributed by atoms with Crippen molar-refractivity contribution in [3.05, 3.63) is 70.4 Å². The van der Waals surface area contributed by atoms with Crippen LogP contribution in [0.1, 0.15) is 43.0 Å². The van der Waals surface area contributed by atoms with Gasteiger partial charge in [0.1, 0.15) is 11.9 Å². The van der Waals surface area contributed by atoms with Gasteiger partial charge in [-0.25, -0.2) is 13.2 Å². The summed E-state index contributed by atoms with van der Waals surface area (Å²) in [4.78, 5) is 6.44. The number of likely N-dealkylation sites (tertiary alicyclic amines) is 1. The largest absolute Gasteiger partial charge is 0.497 e. The van der Waals surface area contributed by atoms with E-state index in [-0.39, 0.29) is 23.5 Å². The van der Waals surface area contributed by atoms with Crippen molar-refractivity contribution >= 4 is 22.5 Å². The van der Waals surface area contributed by atoms with E-state index in [1.54, 1.807) is 25.3 Å². The zero-order chi connectivity index (χ0) is 25.7. The number of alkyl halides is 1. The van der Waals surface area contributed by atoms with E-state index < -0.39 is 17.8 Å². The monoisotopic (exact) mass is 516 g/mol. The lowest BCUT2D eigenvalue weighted by Gasteiger charge is -2.40. The number of hydrogen-bond acceptors (Lipinski definition) is 4. The van der Waals surface area contributed by atoms with Gasteiger partial charge in [-0.1, -0.05) is 23.4 Å². The van der Waals surface area contributed by atoms with Crippen LogP contribution in [0.4, 0.5) is 13.2 Å². The average Bonchev–Trinajstić information content (AvgIpc) is 2.89. The van der Waals surface area contributed by atoms with Crippen molar-refractivity contribution < 1.29 is 23.0 Å². The van der Waals surface area contributed by atoms with E-state index in [0.29, 0.717) is 66.7 Å². The fourth-order valence-electron chi connectivity index (χ4n) is 4.69. The minimum absolute atomic E-state index is 0.0211. The normalized spacial score (nSPS) is 16.4. The molecule has 0 saturated carbocycles. The Bertz CT molecular complexity index is 1280. The molecule has 1 aliphatic rings. The second-order valence-corrected chi connectivity index (χ2v) is 9.68. The first-order chi connectivity index (χ1) is 17.3. The Hall–Kier alpha value is -2.79. The number of benzene rings is 2. The van der Waals surface area contributed by atoms with Gasteiger partial charge < -0.3 is 9.84 Å². The first-order valence-corrected chi connectivity index (χ1v) is 12.3. The van der Waals surface area contributed by atoms with Crippen molar-refractivity contribution in [1.82, 2.24) is 9.88 Å². The minimum atomic E-state index is -1.31. The molecule has 1 fully saturated rings. The Morgan fingerprint density at radius 1 is 1.17 bits per heavy atom. The maximum atomic E-state index is 15.6. The van der Waals surface area contributed by atoms with Crippen LogP contribution in [-0.2, 0) is 0 Å². The van der Waals surface area contributed by atoms with Gasteiger partial charge in [0.05, 0.1) is 24.2 Å². The standard InChI is InChI=1S/C28H28ClF3N2O2/c1-36-20-5-7-26-21(16-20)27(22(29)17-33-26)24(31)8-9-28(18-35)10-13-34(14-11-28)12-2-3-19-4-6-23(30)25(32)15-19/h4-7,15-17,24,35H,8-14,18H2,1H3/t24-/m0/s1. The Morgan fingerprint density at radius 3 is 2.64 bits per heavy atom. The van der Waals surface area contributed by atoms with Gasteiger partial charge in [0.25, 0.3) is 0 Å². The number of piperidine rings is 1. The lowest BCUT2D eigenvalue weighted by molar-refractivity contribution is 0.0344. The van der Waals surface area contributed by atoms with Gasteiger partial charge in [-0.05, 0) is 80.6 Å². The molecule has 36 heavy (non-hydrogen) atoms. The van der Waals surface area contributed by atoms with E-state index in [1.807, 2.05) is 0 Å². The van der Waals surface area contributed by atoms with Crippen LogP contribution >= 0.6 is 11.6 Å². The molecule has 3 aromatic rings. The molecular formula is C28H28ClF3N2O2. The second-order valence-electron chi connectivity index (χ2n) is 9.27. The van der Waals surface area contributed by atoms with Crippen LogP contribution in [0.25, 0.3) is 10.9 Å². The summed E-state index contributed by atoms with van der Waals surface area (Å²) in [5.41, 5.74) is 1.09. The number of rotatable bonds is 7. The molecule has 0 aliphatic carbocycles. The molecule has 1 aliphatic heterocycles. The topological polar surface area (TPSA) is 45.6 Å². The van der Waals surface area contributed by atoms with Gasteiger partial charge in [0.2, 0.25) is 0 Å². The third kappa shape index (κ3) is 5.95. The maximum Gasteiger partial charge on any atom is 0.160 e. The van der Waals surface area contributed by atoms with E-state index in [4.69, 9.17) is 16.3 Å². The molecule has 1 aromatic heterocycles. The number of pyridine rings is 1. The lowest BCUT2D eigenvalue weighted by Crippen LogP contribution is -2.42. The van der Waals surface area contributed by atoms with Crippen LogP contribution < -0.4 is 4.74 Å². The number of aromatic nitrogens is 1. The highest BCUT2D eigenvalue weighted by Crippen LogP contribution is 2.41. The van der Waals surface area contributed by atoms with E-state index in [2.05, 4.69) is 21.7 Å². The molecule has 0 spiro atoms. The first kappa shape index (κ1) is 26.3. The fourth-order valence-corrected chi connectivity index (χ4v) is 4.96. The molecular weight excluding hydrogens is 489 g/mol. The smallest absolute Gasteiger partial charge is 0.160 e.